The minimum absolute atomic E-state index is 0.150. The largest absolute Gasteiger partial charge is 0.394 e. The number of likely N-dealkylation sites (tertiary alicyclic amines) is 1. The lowest BCUT2D eigenvalue weighted by molar-refractivity contribution is -0.152. The van der Waals surface area contributed by atoms with Crippen LogP contribution >= 0.6 is 0 Å². The topological polar surface area (TPSA) is 90.4 Å². The van der Waals surface area contributed by atoms with Crippen molar-refractivity contribution in [1.29, 1.82) is 0 Å². The lowest BCUT2D eigenvalue weighted by atomic mass is 9.70. The normalized spacial score (nSPS) is 29.4. The summed E-state index contributed by atoms with van der Waals surface area (Å²) in [5.41, 5.74) is -1.05. The molecule has 3 aliphatic heterocycles. The molecule has 8 heteroatoms. The number of aliphatic hydroxyl groups excluding tert-OH is 1. The number of hydrogen-bond donors (Lipinski definition) is 1. The van der Waals surface area contributed by atoms with E-state index in [-0.39, 0.29) is 36.4 Å². The summed E-state index contributed by atoms with van der Waals surface area (Å²) in [7, 11) is 1.71. The summed E-state index contributed by atoms with van der Waals surface area (Å²) in [6.45, 7) is 14.8. The minimum atomic E-state index is -1.05. The molecule has 3 heterocycles. The van der Waals surface area contributed by atoms with Crippen molar-refractivity contribution in [3.8, 4) is 0 Å². The first-order valence-corrected chi connectivity index (χ1v) is 13.5. The van der Waals surface area contributed by atoms with E-state index < -0.39 is 29.5 Å². The zero-order chi connectivity index (χ0) is 26.6. The van der Waals surface area contributed by atoms with Gasteiger partial charge in [-0.3, -0.25) is 14.4 Å². The molecule has 3 rings (SSSR count). The fourth-order valence-corrected chi connectivity index (χ4v) is 6.58. The van der Waals surface area contributed by atoms with E-state index in [4.69, 9.17) is 4.74 Å². The number of rotatable bonds is 14. The summed E-state index contributed by atoms with van der Waals surface area (Å²) in [4.78, 5) is 46.8. The molecule has 3 aliphatic rings. The Morgan fingerprint density at radius 2 is 1.92 bits per heavy atom. The predicted octanol–water partition coefficient (Wildman–Crippen LogP) is 2.62. The molecule has 0 aromatic heterocycles. The standard InChI is InChI=1S/C28H45N3O5/c1-7-10-11-16-30(15-9-3)27(35)24-28-13-12-21(36-28)22(25(33)29(6)14-8-2)23(28)26(34)31(24)20(18-32)17-19(4)5/h8-9,19-24,32H,2-3,7,10-18H2,1,4-6H3/t20-,21+,22-,23+,24?,28?/m1/s1. The average molecular weight is 504 g/mol. The third-order valence-corrected chi connectivity index (χ3v) is 8.08. The minimum Gasteiger partial charge on any atom is -0.394 e. The van der Waals surface area contributed by atoms with Crippen LogP contribution in [0.5, 0.6) is 0 Å². The number of carbonyl (C=O) groups excluding carboxylic acids is 3. The van der Waals surface area contributed by atoms with Crippen molar-refractivity contribution in [3.05, 3.63) is 25.3 Å². The summed E-state index contributed by atoms with van der Waals surface area (Å²) in [5.74, 6) is -1.71. The molecule has 8 nitrogen and oxygen atoms in total. The van der Waals surface area contributed by atoms with Gasteiger partial charge >= 0.3 is 0 Å². The highest BCUT2D eigenvalue weighted by Crippen LogP contribution is 2.59. The Morgan fingerprint density at radius 3 is 2.50 bits per heavy atom. The van der Waals surface area contributed by atoms with Gasteiger partial charge in [0.05, 0.1) is 30.6 Å². The van der Waals surface area contributed by atoms with E-state index in [1.165, 1.54) is 0 Å². The number of aliphatic hydroxyl groups is 1. The van der Waals surface area contributed by atoms with Gasteiger partial charge in [0.1, 0.15) is 11.6 Å². The molecular weight excluding hydrogens is 458 g/mol. The summed E-state index contributed by atoms with van der Waals surface area (Å²) in [6.07, 6.45) is 7.61. The van der Waals surface area contributed by atoms with Gasteiger partial charge in [-0.15, -0.1) is 13.2 Å². The Kier molecular flexibility index (Phi) is 9.39. The third kappa shape index (κ3) is 4.99. The van der Waals surface area contributed by atoms with Crippen molar-refractivity contribution in [2.45, 2.75) is 83.1 Å². The maximum Gasteiger partial charge on any atom is 0.248 e. The molecule has 3 amide bonds. The lowest BCUT2D eigenvalue weighted by Gasteiger charge is -2.39. The number of likely N-dealkylation sites (N-methyl/N-ethyl adjacent to an activating group) is 1. The van der Waals surface area contributed by atoms with Crippen molar-refractivity contribution in [2.75, 3.05) is 33.3 Å². The molecule has 202 valence electrons. The summed E-state index contributed by atoms with van der Waals surface area (Å²) < 4.78 is 6.54. The smallest absolute Gasteiger partial charge is 0.248 e. The van der Waals surface area contributed by atoms with Gasteiger partial charge in [-0.2, -0.15) is 0 Å². The second kappa shape index (κ2) is 11.9. The fraction of sp³-hybridized carbons (Fsp3) is 0.750. The van der Waals surface area contributed by atoms with Crippen molar-refractivity contribution in [3.63, 3.8) is 0 Å². The summed E-state index contributed by atoms with van der Waals surface area (Å²) in [5, 5.41) is 10.4. The van der Waals surface area contributed by atoms with Gasteiger partial charge in [0, 0.05) is 26.7 Å². The molecule has 0 radical (unpaired) electrons. The van der Waals surface area contributed by atoms with Gasteiger partial charge in [-0.1, -0.05) is 45.8 Å². The SMILES string of the molecule is C=CCN(C)C(=O)[C@@H]1[C@@H]2CCC3(O2)C(C(=O)N(CC=C)CCCCC)N([C@@H](CO)CC(C)C)C(=O)[C@H]13. The molecule has 36 heavy (non-hydrogen) atoms. The van der Waals surface area contributed by atoms with Crippen LogP contribution < -0.4 is 0 Å². The van der Waals surface area contributed by atoms with Gasteiger partial charge in [0.2, 0.25) is 17.7 Å². The average Bonchev–Trinajstić information content (AvgIpc) is 3.48. The Labute approximate surface area is 216 Å². The van der Waals surface area contributed by atoms with Crippen molar-refractivity contribution in [2.24, 2.45) is 17.8 Å². The molecular formula is C28H45N3O5. The molecule has 3 fully saturated rings. The molecule has 2 unspecified atom stereocenters. The van der Waals surface area contributed by atoms with Crippen LogP contribution in [0.25, 0.3) is 0 Å². The van der Waals surface area contributed by atoms with Gasteiger partial charge in [-0.25, -0.2) is 0 Å². The maximum atomic E-state index is 14.2. The number of ether oxygens (including phenoxy) is 1. The van der Waals surface area contributed by atoms with E-state index in [0.717, 1.165) is 19.3 Å². The van der Waals surface area contributed by atoms with Gasteiger partial charge in [0.25, 0.3) is 0 Å². The van der Waals surface area contributed by atoms with Crippen LogP contribution in [-0.4, -0.2) is 94.6 Å². The maximum absolute atomic E-state index is 14.2. The Hall–Kier alpha value is -2.19. The number of carbonyl (C=O) groups is 3. The Bertz CT molecular complexity index is 845. The molecule has 0 saturated carbocycles. The van der Waals surface area contributed by atoms with Crippen molar-refractivity contribution < 1.29 is 24.2 Å². The van der Waals surface area contributed by atoms with E-state index in [1.807, 2.05) is 13.8 Å². The molecule has 0 aromatic carbocycles. The molecule has 1 spiro atoms. The van der Waals surface area contributed by atoms with E-state index in [2.05, 4.69) is 20.1 Å². The molecule has 3 saturated heterocycles. The summed E-state index contributed by atoms with van der Waals surface area (Å²) >= 11 is 0. The highest BCUT2D eigenvalue weighted by Gasteiger charge is 2.75. The van der Waals surface area contributed by atoms with Crippen LogP contribution in [0.15, 0.2) is 25.3 Å². The number of amides is 3. The molecule has 0 aromatic rings. The fourth-order valence-electron chi connectivity index (χ4n) is 6.58. The third-order valence-electron chi connectivity index (χ3n) is 8.08. The van der Waals surface area contributed by atoms with E-state index in [9.17, 15) is 19.5 Å². The number of unbranched alkanes of at least 4 members (excludes halogenated alkanes) is 2. The monoisotopic (exact) mass is 503 g/mol. The first kappa shape index (κ1) is 28.4. The molecule has 6 atom stereocenters. The second-order valence-electron chi connectivity index (χ2n) is 11.1. The van der Waals surface area contributed by atoms with Crippen LogP contribution in [0.1, 0.15) is 59.3 Å². The lowest BCUT2D eigenvalue weighted by Crippen LogP contribution is -2.59. The van der Waals surface area contributed by atoms with E-state index >= 15 is 0 Å². The van der Waals surface area contributed by atoms with Crippen LogP contribution in [-0.2, 0) is 19.1 Å². The molecule has 0 aliphatic carbocycles. The quantitative estimate of drug-likeness (QED) is 0.291. The highest BCUT2D eigenvalue weighted by molar-refractivity contribution is 5.99. The predicted molar refractivity (Wildman–Crippen MR) is 139 cm³/mol. The molecule has 1 N–H and O–H groups in total. The molecule has 2 bridgehead atoms. The number of hydrogen-bond acceptors (Lipinski definition) is 5. The highest BCUT2D eigenvalue weighted by atomic mass is 16.5. The van der Waals surface area contributed by atoms with Crippen LogP contribution in [0.2, 0.25) is 0 Å². The van der Waals surface area contributed by atoms with Gasteiger partial charge < -0.3 is 24.5 Å². The van der Waals surface area contributed by atoms with Crippen LogP contribution in [0, 0.1) is 17.8 Å². The number of nitrogens with zero attached hydrogens (tertiary/aromatic N) is 3. The first-order chi connectivity index (χ1) is 17.2. The van der Waals surface area contributed by atoms with Crippen LogP contribution in [0.3, 0.4) is 0 Å². The second-order valence-corrected chi connectivity index (χ2v) is 11.1. The van der Waals surface area contributed by atoms with E-state index in [0.29, 0.717) is 38.9 Å². The Morgan fingerprint density at radius 1 is 1.22 bits per heavy atom. The number of fused-ring (bicyclic) bond motifs is 1. The first-order valence-electron chi connectivity index (χ1n) is 13.5. The van der Waals surface area contributed by atoms with Gasteiger partial charge in [-0.05, 0) is 31.6 Å². The van der Waals surface area contributed by atoms with Crippen molar-refractivity contribution in [1.82, 2.24) is 14.7 Å². The van der Waals surface area contributed by atoms with Crippen molar-refractivity contribution >= 4 is 17.7 Å². The summed E-state index contributed by atoms with van der Waals surface area (Å²) in [6, 6.07) is -1.38. The zero-order valence-electron chi connectivity index (χ0n) is 22.5. The van der Waals surface area contributed by atoms with Gasteiger partial charge in [0.15, 0.2) is 0 Å². The van der Waals surface area contributed by atoms with Crippen LogP contribution in [0.4, 0.5) is 0 Å². The zero-order valence-corrected chi connectivity index (χ0v) is 22.5. The van der Waals surface area contributed by atoms with E-state index in [1.54, 1.807) is 33.9 Å². The Balaban J connectivity index is 2.05.